The minimum Gasteiger partial charge on any atom is -0.339 e. The third kappa shape index (κ3) is 10.2. The molecular weight excluding hydrogens is 520 g/mol. The lowest BCUT2D eigenvalue weighted by Gasteiger charge is -2.37. The molecule has 2 aromatic carbocycles. The fraction of sp³-hybridized carbons (Fsp3) is 0.611. The SMILES string of the molecule is CC(CC(C)c1ccc(C[N+](C)(C)C)cc1)C(=O)N1CCN(C(=O)C(C)CC(C)c2ccc(C[N+](C)(C)C)cc2)CC1. The zero-order valence-electron chi connectivity index (χ0n) is 28.2. The molecular formula is C36H58N4O2+2. The Balaban J connectivity index is 1.45. The van der Waals surface area contributed by atoms with E-state index in [-0.39, 0.29) is 23.7 Å². The summed E-state index contributed by atoms with van der Waals surface area (Å²) in [5, 5.41) is 0. The van der Waals surface area contributed by atoms with Gasteiger partial charge in [0.05, 0.1) is 42.3 Å². The molecule has 0 bridgehead atoms. The summed E-state index contributed by atoms with van der Waals surface area (Å²) in [5.74, 6) is 0.990. The Hall–Kier alpha value is -2.70. The van der Waals surface area contributed by atoms with E-state index in [1.807, 2.05) is 9.80 Å². The Kier molecular flexibility index (Phi) is 11.4. The van der Waals surface area contributed by atoms with Crippen LogP contribution in [0.3, 0.4) is 0 Å². The first kappa shape index (κ1) is 33.8. The molecule has 4 atom stereocenters. The summed E-state index contributed by atoms with van der Waals surface area (Å²) in [6.45, 7) is 13.0. The molecule has 0 N–H and O–H groups in total. The molecule has 3 rings (SSSR count). The highest BCUT2D eigenvalue weighted by Crippen LogP contribution is 2.27. The molecule has 42 heavy (non-hydrogen) atoms. The van der Waals surface area contributed by atoms with Crippen molar-refractivity contribution >= 4 is 11.8 Å². The van der Waals surface area contributed by atoms with Crippen molar-refractivity contribution in [2.75, 3.05) is 68.5 Å². The molecule has 1 aliphatic rings. The normalized spacial score (nSPS) is 17.5. The number of hydrogen-bond acceptors (Lipinski definition) is 2. The molecule has 0 aromatic heterocycles. The van der Waals surface area contributed by atoms with Crippen LogP contribution in [0, 0.1) is 11.8 Å². The van der Waals surface area contributed by atoms with Gasteiger partial charge in [0.2, 0.25) is 11.8 Å². The molecule has 4 unspecified atom stereocenters. The maximum absolute atomic E-state index is 13.3. The van der Waals surface area contributed by atoms with Crippen molar-refractivity contribution in [1.82, 2.24) is 9.80 Å². The minimum absolute atomic E-state index is 0.0401. The molecule has 0 aliphatic carbocycles. The average molecular weight is 579 g/mol. The Labute approximate surface area is 256 Å². The van der Waals surface area contributed by atoms with Crippen molar-refractivity contribution in [3.8, 4) is 0 Å². The quantitative estimate of drug-likeness (QED) is 0.302. The summed E-state index contributed by atoms with van der Waals surface area (Å²) in [6.07, 6.45) is 1.66. The minimum atomic E-state index is -0.0401. The fourth-order valence-corrected chi connectivity index (χ4v) is 6.30. The summed E-state index contributed by atoms with van der Waals surface area (Å²) in [6, 6.07) is 17.8. The lowest BCUT2D eigenvalue weighted by atomic mass is 9.89. The number of carbonyl (C=O) groups is 2. The van der Waals surface area contributed by atoms with Crippen LogP contribution < -0.4 is 0 Å². The first-order valence-corrected chi connectivity index (χ1v) is 15.9. The highest BCUT2D eigenvalue weighted by Gasteiger charge is 2.30. The summed E-state index contributed by atoms with van der Waals surface area (Å²) in [7, 11) is 13.2. The third-order valence-electron chi connectivity index (χ3n) is 8.57. The van der Waals surface area contributed by atoms with E-state index in [1.54, 1.807) is 0 Å². The van der Waals surface area contributed by atoms with Crippen LogP contribution >= 0.6 is 0 Å². The predicted molar refractivity (Wildman–Crippen MR) is 174 cm³/mol. The molecule has 2 amide bonds. The molecule has 1 heterocycles. The van der Waals surface area contributed by atoms with Crippen molar-refractivity contribution in [2.24, 2.45) is 11.8 Å². The van der Waals surface area contributed by atoms with Crippen LogP contribution in [0.4, 0.5) is 0 Å². The van der Waals surface area contributed by atoms with Crippen LogP contribution in [0.5, 0.6) is 0 Å². The lowest BCUT2D eigenvalue weighted by Crippen LogP contribution is -2.52. The number of rotatable bonds is 12. The predicted octanol–water partition coefficient (Wildman–Crippen LogP) is 5.73. The van der Waals surface area contributed by atoms with E-state index >= 15 is 0 Å². The number of carbonyl (C=O) groups excluding carboxylic acids is 2. The van der Waals surface area contributed by atoms with Gasteiger partial charge in [-0.25, -0.2) is 0 Å². The van der Waals surface area contributed by atoms with Crippen molar-refractivity contribution < 1.29 is 18.6 Å². The van der Waals surface area contributed by atoms with Crippen LogP contribution in [0.25, 0.3) is 0 Å². The zero-order chi connectivity index (χ0) is 31.2. The molecule has 0 radical (unpaired) electrons. The third-order valence-corrected chi connectivity index (χ3v) is 8.57. The van der Waals surface area contributed by atoms with E-state index in [0.717, 1.165) is 34.9 Å². The molecule has 0 spiro atoms. The number of piperazine rings is 1. The topological polar surface area (TPSA) is 40.6 Å². The van der Waals surface area contributed by atoms with Gasteiger partial charge in [0.1, 0.15) is 13.1 Å². The van der Waals surface area contributed by atoms with Gasteiger partial charge in [0.15, 0.2) is 0 Å². The molecule has 232 valence electrons. The Morgan fingerprint density at radius 3 is 1.12 bits per heavy atom. The van der Waals surface area contributed by atoms with Gasteiger partial charge in [0.25, 0.3) is 0 Å². The maximum Gasteiger partial charge on any atom is 0.225 e. The smallest absolute Gasteiger partial charge is 0.225 e. The van der Waals surface area contributed by atoms with E-state index in [4.69, 9.17) is 0 Å². The number of nitrogens with zero attached hydrogens (tertiary/aromatic N) is 4. The summed E-state index contributed by atoms with van der Waals surface area (Å²) < 4.78 is 1.81. The molecule has 0 saturated carbocycles. The molecule has 2 aromatic rings. The molecule has 1 saturated heterocycles. The van der Waals surface area contributed by atoms with Gasteiger partial charge < -0.3 is 18.8 Å². The van der Waals surface area contributed by atoms with Crippen LogP contribution in [-0.4, -0.2) is 99.0 Å². The van der Waals surface area contributed by atoms with Crippen molar-refractivity contribution in [2.45, 2.75) is 65.5 Å². The number of quaternary nitrogens is 2. The average Bonchev–Trinajstić information content (AvgIpc) is 2.91. The Morgan fingerprint density at radius 1 is 0.571 bits per heavy atom. The summed E-state index contributed by atoms with van der Waals surface area (Å²) in [4.78, 5) is 30.6. The second kappa shape index (κ2) is 14.2. The van der Waals surface area contributed by atoms with Gasteiger partial charge in [-0.3, -0.25) is 9.59 Å². The van der Waals surface area contributed by atoms with Gasteiger partial charge in [-0.2, -0.15) is 0 Å². The molecule has 6 nitrogen and oxygen atoms in total. The highest BCUT2D eigenvalue weighted by molar-refractivity contribution is 5.80. The van der Waals surface area contributed by atoms with E-state index in [0.29, 0.717) is 38.0 Å². The number of hydrogen-bond donors (Lipinski definition) is 0. The first-order chi connectivity index (χ1) is 19.5. The monoisotopic (exact) mass is 578 g/mol. The van der Waals surface area contributed by atoms with Crippen molar-refractivity contribution in [3.05, 3.63) is 70.8 Å². The number of amides is 2. The Morgan fingerprint density at radius 2 is 0.857 bits per heavy atom. The van der Waals surface area contributed by atoms with Gasteiger partial charge in [-0.05, 0) is 35.8 Å². The second-order valence-electron chi connectivity index (χ2n) is 15.1. The largest absolute Gasteiger partial charge is 0.339 e. The van der Waals surface area contributed by atoms with Crippen molar-refractivity contribution in [3.63, 3.8) is 0 Å². The highest BCUT2D eigenvalue weighted by atomic mass is 16.2. The van der Waals surface area contributed by atoms with Crippen LogP contribution in [0.15, 0.2) is 48.5 Å². The second-order valence-corrected chi connectivity index (χ2v) is 15.1. The number of benzene rings is 2. The molecule has 6 heteroatoms. The van der Waals surface area contributed by atoms with E-state index in [2.05, 4.69) is 119 Å². The van der Waals surface area contributed by atoms with Crippen molar-refractivity contribution in [1.29, 1.82) is 0 Å². The van der Waals surface area contributed by atoms with Crippen LogP contribution in [0.1, 0.15) is 74.6 Å². The van der Waals surface area contributed by atoms with E-state index in [9.17, 15) is 9.59 Å². The molecule has 1 aliphatic heterocycles. The van der Waals surface area contributed by atoms with E-state index in [1.165, 1.54) is 22.3 Å². The van der Waals surface area contributed by atoms with E-state index < -0.39 is 0 Å². The van der Waals surface area contributed by atoms with Crippen LogP contribution in [-0.2, 0) is 22.7 Å². The maximum atomic E-state index is 13.3. The lowest BCUT2D eigenvalue weighted by molar-refractivity contribution is -0.884. The summed E-state index contributed by atoms with van der Waals surface area (Å²) >= 11 is 0. The Bertz CT molecular complexity index is 1060. The van der Waals surface area contributed by atoms with Crippen LogP contribution in [0.2, 0.25) is 0 Å². The molecule has 1 fully saturated rings. The standard InChI is InChI=1S/C36H58N4O2/c1-27(33-15-11-31(12-16-33)25-39(5,6)7)23-29(3)35(41)37-19-21-38(22-20-37)36(42)30(4)24-28(2)34-17-13-32(14-18-34)26-40(8,9)10/h11-18,27-30H,19-26H2,1-10H3/q+2. The fourth-order valence-electron chi connectivity index (χ4n) is 6.30. The van der Waals surface area contributed by atoms with Gasteiger partial charge in [0, 0.05) is 49.1 Å². The summed E-state index contributed by atoms with van der Waals surface area (Å²) in [5.41, 5.74) is 5.25. The van der Waals surface area contributed by atoms with Gasteiger partial charge in [-0.1, -0.05) is 76.2 Å². The van der Waals surface area contributed by atoms with Gasteiger partial charge in [-0.15, -0.1) is 0 Å². The first-order valence-electron chi connectivity index (χ1n) is 15.9. The zero-order valence-corrected chi connectivity index (χ0v) is 28.2. The van der Waals surface area contributed by atoms with Gasteiger partial charge >= 0.3 is 0 Å².